The highest BCUT2D eigenvalue weighted by atomic mass is 35.5. The van der Waals surface area contributed by atoms with E-state index >= 15 is 0 Å². The lowest BCUT2D eigenvalue weighted by molar-refractivity contribution is -0.112. The third-order valence-corrected chi connectivity index (χ3v) is 7.65. The third-order valence-electron chi connectivity index (χ3n) is 7.35. The molecule has 9 nitrogen and oxygen atoms in total. The molecule has 0 atom stereocenters. The maximum atomic E-state index is 13.7. The summed E-state index contributed by atoms with van der Waals surface area (Å²) in [6.07, 6.45) is 3.32. The predicted octanol–water partition coefficient (Wildman–Crippen LogP) is 3.94. The maximum absolute atomic E-state index is 13.7. The Bertz CT molecular complexity index is 1570. The monoisotopic (exact) mass is 559 g/mol. The summed E-state index contributed by atoms with van der Waals surface area (Å²) in [6.45, 7) is 3.28. The Kier molecular flexibility index (Phi) is 6.95. The summed E-state index contributed by atoms with van der Waals surface area (Å²) >= 11 is 6.39. The van der Waals surface area contributed by atoms with Gasteiger partial charge in [-0.15, -0.1) is 0 Å². The molecule has 11 heteroatoms. The van der Waals surface area contributed by atoms with Crippen molar-refractivity contribution in [3.05, 3.63) is 87.8 Å². The number of rotatable bonds is 5. The van der Waals surface area contributed by atoms with E-state index in [4.69, 9.17) is 17.3 Å². The summed E-state index contributed by atoms with van der Waals surface area (Å²) in [5, 5.41) is 12.7. The van der Waals surface area contributed by atoms with Gasteiger partial charge in [-0.05, 0) is 66.4 Å². The number of halogens is 2. The second-order valence-electron chi connectivity index (χ2n) is 9.91. The van der Waals surface area contributed by atoms with Gasteiger partial charge in [0.1, 0.15) is 17.3 Å². The number of hydrogen-bond acceptors (Lipinski definition) is 7. The zero-order valence-electron chi connectivity index (χ0n) is 21.6. The number of anilines is 3. The fraction of sp³-hybridized carbons (Fsp3) is 0.241. The number of piperazine rings is 1. The van der Waals surface area contributed by atoms with Crippen LogP contribution in [-0.4, -0.2) is 48.7 Å². The molecular formula is C29H27ClFN7O2. The lowest BCUT2D eigenvalue weighted by atomic mass is 9.85. The number of aromatic nitrogens is 1. The number of allylic oxidation sites excluding steroid dienone is 1. The molecule has 1 fully saturated rings. The SMILES string of the molecule is NC(=O)C1=NN(c2ccc(F)cc2)C2=C(CCc3ccc(NC(=O)c4cc(N5CCNCC5)ncc4Cl)cc32)C1. The number of aryl methyl sites for hydroxylation is 1. The first kappa shape index (κ1) is 26.0. The van der Waals surface area contributed by atoms with E-state index in [0.717, 1.165) is 61.4 Å². The van der Waals surface area contributed by atoms with E-state index < -0.39 is 5.91 Å². The molecule has 3 aliphatic rings. The second kappa shape index (κ2) is 10.7. The lowest BCUT2D eigenvalue weighted by Gasteiger charge is -2.34. The molecule has 1 aromatic heterocycles. The third kappa shape index (κ3) is 5.03. The van der Waals surface area contributed by atoms with Gasteiger partial charge in [0, 0.05) is 50.0 Å². The molecule has 6 rings (SSSR count). The fourth-order valence-electron chi connectivity index (χ4n) is 5.30. The number of nitrogens with two attached hydrogens (primary N) is 1. The first-order chi connectivity index (χ1) is 19.4. The summed E-state index contributed by atoms with van der Waals surface area (Å²) in [5.74, 6) is -0.615. The van der Waals surface area contributed by atoms with Crippen molar-refractivity contribution >= 4 is 52.0 Å². The van der Waals surface area contributed by atoms with E-state index in [1.807, 2.05) is 18.2 Å². The van der Waals surface area contributed by atoms with E-state index in [2.05, 4.69) is 25.6 Å². The number of benzene rings is 2. The molecule has 0 unspecified atom stereocenters. The molecule has 2 aromatic carbocycles. The molecule has 1 saturated heterocycles. The van der Waals surface area contributed by atoms with Crippen molar-refractivity contribution in [2.24, 2.45) is 10.8 Å². The van der Waals surface area contributed by atoms with E-state index in [-0.39, 0.29) is 22.5 Å². The first-order valence-corrected chi connectivity index (χ1v) is 13.5. The van der Waals surface area contributed by atoms with E-state index in [1.165, 1.54) is 18.3 Å². The summed E-state index contributed by atoms with van der Waals surface area (Å²) in [7, 11) is 0. The minimum Gasteiger partial charge on any atom is -0.364 e. The highest BCUT2D eigenvalue weighted by Crippen LogP contribution is 2.41. The topological polar surface area (TPSA) is 116 Å². The van der Waals surface area contributed by atoms with Crippen LogP contribution in [0.5, 0.6) is 0 Å². The van der Waals surface area contributed by atoms with Crippen LogP contribution in [-0.2, 0) is 11.2 Å². The van der Waals surface area contributed by atoms with Gasteiger partial charge in [0.2, 0.25) is 0 Å². The fourth-order valence-corrected chi connectivity index (χ4v) is 5.49. The Hall–Kier alpha value is -4.28. The smallest absolute Gasteiger partial charge is 0.265 e. The Morgan fingerprint density at radius 2 is 1.82 bits per heavy atom. The highest BCUT2D eigenvalue weighted by molar-refractivity contribution is 6.39. The number of nitrogens with one attached hydrogen (secondary N) is 2. The van der Waals surface area contributed by atoms with E-state index in [9.17, 15) is 14.0 Å². The summed E-state index contributed by atoms with van der Waals surface area (Å²) in [5.41, 5.74) is 11.1. The largest absolute Gasteiger partial charge is 0.364 e. The minimum atomic E-state index is -0.597. The van der Waals surface area contributed by atoms with Crippen molar-refractivity contribution in [3.63, 3.8) is 0 Å². The van der Waals surface area contributed by atoms with Crippen LogP contribution >= 0.6 is 11.6 Å². The van der Waals surface area contributed by atoms with Gasteiger partial charge in [-0.2, -0.15) is 5.10 Å². The molecule has 1 aliphatic carbocycles. The highest BCUT2D eigenvalue weighted by Gasteiger charge is 2.31. The van der Waals surface area contributed by atoms with Crippen LogP contribution in [0.4, 0.5) is 21.6 Å². The number of nitrogens with zero attached hydrogens (tertiary/aromatic N) is 4. The van der Waals surface area contributed by atoms with Crippen LogP contribution in [0, 0.1) is 5.82 Å². The van der Waals surface area contributed by atoms with Crippen molar-refractivity contribution < 1.29 is 14.0 Å². The number of hydrogen-bond donors (Lipinski definition) is 3. The molecule has 40 heavy (non-hydrogen) atoms. The van der Waals surface area contributed by atoms with Crippen LogP contribution in [0.1, 0.15) is 34.3 Å². The van der Waals surface area contributed by atoms with Crippen molar-refractivity contribution in [3.8, 4) is 0 Å². The van der Waals surface area contributed by atoms with Crippen molar-refractivity contribution in [1.82, 2.24) is 10.3 Å². The Labute approximate surface area is 235 Å². The average Bonchev–Trinajstić information content (AvgIpc) is 2.97. The zero-order chi connectivity index (χ0) is 27.8. The van der Waals surface area contributed by atoms with Gasteiger partial charge in [-0.3, -0.25) is 9.59 Å². The molecule has 0 saturated carbocycles. The van der Waals surface area contributed by atoms with Crippen LogP contribution in [0.2, 0.25) is 5.02 Å². The number of amides is 2. The molecule has 0 bridgehead atoms. The maximum Gasteiger partial charge on any atom is 0.265 e. The Morgan fingerprint density at radius 3 is 2.58 bits per heavy atom. The van der Waals surface area contributed by atoms with Crippen LogP contribution in [0.15, 0.2) is 65.4 Å². The number of carbonyl (C=O) groups is 2. The number of primary amides is 1. The van der Waals surface area contributed by atoms with Gasteiger partial charge in [0.15, 0.2) is 0 Å². The van der Waals surface area contributed by atoms with E-state index in [1.54, 1.807) is 23.2 Å². The van der Waals surface area contributed by atoms with Gasteiger partial charge in [0.05, 0.1) is 22.0 Å². The molecule has 3 aromatic rings. The predicted molar refractivity (Wildman–Crippen MR) is 154 cm³/mol. The first-order valence-electron chi connectivity index (χ1n) is 13.1. The van der Waals surface area contributed by atoms with Crippen LogP contribution < -0.4 is 26.3 Å². The minimum absolute atomic E-state index is 0.239. The Balaban J connectivity index is 1.33. The molecule has 204 valence electrons. The van der Waals surface area contributed by atoms with Crippen molar-refractivity contribution in [1.29, 1.82) is 0 Å². The molecule has 2 amide bonds. The number of pyridine rings is 1. The molecule has 2 aliphatic heterocycles. The number of hydrazone groups is 1. The van der Waals surface area contributed by atoms with Gasteiger partial charge >= 0.3 is 0 Å². The Morgan fingerprint density at radius 1 is 1.05 bits per heavy atom. The molecule has 4 N–H and O–H groups in total. The van der Waals surface area contributed by atoms with Gasteiger partial charge in [0.25, 0.3) is 11.8 Å². The summed E-state index contributed by atoms with van der Waals surface area (Å²) in [4.78, 5) is 32.0. The lowest BCUT2D eigenvalue weighted by Crippen LogP contribution is -2.44. The van der Waals surface area contributed by atoms with E-state index in [0.29, 0.717) is 29.2 Å². The van der Waals surface area contributed by atoms with Crippen molar-refractivity contribution in [2.45, 2.75) is 19.3 Å². The zero-order valence-corrected chi connectivity index (χ0v) is 22.3. The van der Waals surface area contributed by atoms with Crippen molar-refractivity contribution in [2.75, 3.05) is 41.4 Å². The normalized spacial score (nSPS) is 16.7. The molecular weight excluding hydrogens is 533 g/mol. The van der Waals surface area contributed by atoms with Crippen LogP contribution in [0.25, 0.3) is 5.70 Å². The molecule has 0 radical (unpaired) electrons. The number of carbonyl (C=O) groups excluding carboxylic acids is 2. The average molecular weight is 560 g/mol. The molecule has 0 spiro atoms. The van der Waals surface area contributed by atoms with Gasteiger partial charge in [-0.1, -0.05) is 17.7 Å². The van der Waals surface area contributed by atoms with Gasteiger partial charge < -0.3 is 21.3 Å². The van der Waals surface area contributed by atoms with Gasteiger partial charge in [-0.25, -0.2) is 14.4 Å². The standard InChI is InChI=1S/C29H27ClFN7O2/c30-24-16-34-26(37-11-9-33-10-12-37)15-23(24)29(40)35-20-6-3-17-1-2-18-13-25(28(32)39)36-38(27(18)22(17)14-20)21-7-4-19(31)5-8-21/h3-8,14-16,33H,1-2,9-13H2,(H2,32,39)(H,35,40). The summed E-state index contributed by atoms with van der Waals surface area (Å²) < 4.78 is 13.7. The second-order valence-corrected chi connectivity index (χ2v) is 10.3. The van der Waals surface area contributed by atoms with Crippen LogP contribution in [0.3, 0.4) is 0 Å². The number of fused-ring (bicyclic) bond motifs is 2. The molecule has 3 heterocycles. The summed E-state index contributed by atoms with van der Waals surface area (Å²) in [6, 6.07) is 13.4. The quantitative estimate of drug-likeness (QED) is 0.436.